The molecular weight excluding hydrogens is 479 g/mol. The summed E-state index contributed by atoms with van der Waals surface area (Å²) in [6.45, 7) is 20.2. The molecule has 0 heterocycles. The molecule has 2 aliphatic rings. The zero-order chi connectivity index (χ0) is 16.7. The van der Waals surface area contributed by atoms with Crippen molar-refractivity contribution in [2.45, 2.75) is 65.2 Å². The van der Waals surface area contributed by atoms with E-state index in [0.717, 1.165) is 0 Å². The van der Waals surface area contributed by atoms with Crippen LogP contribution in [-0.4, -0.2) is 22.1 Å². The molecule has 2 rings (SSSR count). The van der Waals surface area contributed by atoms with Crippen molar-refractivity contribution in [1.29, 1.82) is 0 Å². The molecular formula is C18H33HfSi3. The Labute approximate surface area is 148 Å². The van der Waals surface area contributed by atoms with E-state index in [1.807, 2.05) is 6.66 Å². The third-order valence-electron chi connectivity index (χ3n) is 4.74. The first-order chi connectivity index (χ1) is 10.00. The van der Waals surface area contributed by atoms with E-state index in [1.54, 1.807) is 10.4 Å². The fourth-order valence-electron chi connectivity index (χ4n) is 3.42. The van der Waals surface area contributed by atoms with Crippen molar-refractivity contribution in [1.82, 2.24) is 0 Å². The molecule has 0 nitrogen and oxygen atoms in total. The summed E-state index contributed by atoms with van der Waals surface area (Å²) in [4.78, 5) is 0. The molecule has 0 unspecified atom stereocenters. The molecule has 0 spiro atoms. The Balaban J connectivity index is 2.25. The Bertz CT molecular complexity index is 518. The molecule has 22 heavy (non-hydrogen) atoms. The Kier molecular flexibility index (Phi) is 5.79. The van der Waals surface area contributed by atoms with Gasteiger partial charge >= 0.3 is 149 Å². The van der Waals surface area contributed by atoms with Crippen LogP contribution >= 0.6 is 0 Å². The number of allylic oxidation sites excluding steroid dienone is 8. The summed E-state index contributed by atoms with van der Waals surface area (Å²) in [7, 11) is -2.24. The first-order valence-corrected chi connectivity index (χ1v) is 28.4. The van der Waals surface area contributed by atoms with E-state index >= 15 is 0 Å². The van der Waals surface area contributed by atoms with Gasteiger partial charge in [0.2, 0.25) is 0 Å². The van der Waals surface area contributed by atoms with Crippen molar-refractivity contribution >= 4 is 22.1 Å². The van der Waals surface area contributed by atoms with Crippen LogP contribution in [0.2, 0.25) is 52.4 Å². The molecule has 0 bridgehead atoms. The minimum absolute atomic E-state index is 0.514. The monoisotopic (exact) mass is 513 g/mol. The summed E-state index contributed by atoms with van der Waals surface area (Å²) in [5, 5.41) is 3.47. The first kappa shape index (κ1) is 18.8. The molecule has 4 heteroatoms. The molecule has 0 aliphatic heterocycles. The Hall–Kier alpha value is 0.481. The fraction of sp³-hybridized carbons (Fsp3) is 0.556. The molecule has 0 aromatic heterocycles. The van der Waals surface area contributed by atoms with Gasteiger partial charge in [0, 0.05) is 0 Å². The average molecular weight is 512 g/mol. The molecule has 0 aromatic carbocycles. The summed E-state index contributed by atoms with van der Waals surface area (Å²) in [5.41, 5.74) is 0. The average Bonchev–Trinajstić information content (AvgIpc) is 2.95. The van der Waals surface area contributed by atoms with Crippen molar-refractivity contribution in [2.24, 2.45) is 0 Å². The van der Waals surface area contributed by atoms with Crippen molar-refractivity contribution in [3.63, 3.8) is 0 Å². The molecule has 0 atom stereocenters. The van der Waals surface area contributed by atoms with Gasteiger partial charge in [-0.05, 0) is 0 Å². The zero-order valence-corrected chi connectivity index (χ0v) is 22.5. The van der Waals surface area contributed by atoms with E-state index in [2.05, 4.69) is 76.7 Å². The summed E-state index contributed by atoms with van der Waals surface area (Å²) in [6.07, 6.45) is 13.2. The van der Waals surface area contributed by atoms with Crippen LogP contribution in [0.1, 0.15) is 12.8 Å². The van der Waals surface area contributed by atoms with Gasteiger partial charge in [-0.15, -0.1) is 0 Å². The maximum atomic E-state index is 2.69. The second-order valence-electron chi connectivity index (χ2n) is 9.13. The van der Waals surface area contributed by atoms with Crippen LogP contribution in [0.25, 0.3) is 0 Å². The second kappa shape index (κ2) is 6.77. The zero-order valence-electron chi connectivity index (χ0n) is 15.8. The molecule has 0 N–H and O–H groups in total. The van der Waals surface area contributed by atoms with E-state index in [4.69, 9.17) is 0 Å². The topological polar surface area (TPSA) is 0 Å². The van der Waals surface area contributed by atoms with Gasteiger partial charge in [0.1, 0.15) is 0 Å². The quantitative estimate of drug-likeness (QED) is 0.411. The SMILES string of the molecule is C[SiH](C)[Hf]([C]1=CC([Si](C)(C)C)=CC1)[C]1=CC([Si](C)(C)C)=CC1. The number of hydrogen-bond acceptors (Lipinski definition) is 0. The van der Waals surface area contributed by atoms with Crippen LogP contribution in [0.3, 0.4) is 0 Å². The maximum absolute atomic E-state index is 2.69. The Morgan fingerprint density at radius 3 is 1.36 bits per heavy atom. The van der Waals surface area contributed by atoms with E-state index < -0.39 is 42.7 Å². The van der Waals surface area contributed by atoms with Gasteiger partial charge < -0.3 is 0 Å². The minimum atomic E-state index is -1.69. The molecule has 121 valence electrons. The van der Waals surface area contributed by atoms with Gasteiger partial charge in [-0.3, -0.25) is 0 Å². The molecule has 0 saturated heterocycles. The third kappa shape index (κ3) is 4.31. The van der Waals surface area contributed by atoms with Crippen molar-refractivity contribution < 1.29 is 20.6 Å². The van der Waals surface area contributed by atoms with Gasteiger partial charge in [0.05, 0.1) is 0 Å². The van der Waals surface area contributed by atoms with E-state index in [-0.39, 0.29) is 0 Å². The van der Waals surface area contributed by atoms with Gasteiger partial charge in [-0.2, -0.15) is 0 Å². The summed E-state index contributed by atoms with van der Waals surface area (Å²) < 4.78 is 3.89. The molecule has 2 aliphatic carbocycles. The van der Waals surface area contributed by atoms with Crippen molar-refractivity contribution in [3.8, 4) is 0 Å². The van der Waals surface area contributed by atoms with Gasteiger partial charge in [-0.25, -0.2) is 0 Å². The van der Waals surface area contributed by atoms with Crippen LogP contribution in [0.5, 0.6) is 0 Å². The number of rotatable bonds is 5. The molecule has 0 radical (unpaired) electrons. The summed E-state index contributed by atoms with van der Waals surface area (Å²) in [5.74, 6) is -0.514. The normalized spacial score (nSPS) is 19.1. The van der Waals surface area contributed by atoms with Crippen LogP contribution in [0.4, 0.5) is 0 Å². The molecule has 0 aromatic rings. The van der Waals surface area contributed by atoms with Gasteiger partial charge in [0.25, 0.3) is 0 Å². The van der Waals surface area contributed by atoms with E-state index in [1.165, 1.54) is 12.8 Å². The summed E-state index contributed by atoms with van der Waals surface area (Å²) in [6, 6.07) is 0. The molecule has 0 amide bonds. The van der Waals surface area contributed by atoms with Crippen molar-refractivity contribution in [3.05, 3.63) is 41.4 Å². The standard InChI is InChI=1S/2C8H13Si.C2H7Si.Hf/c2*1-9(2,3)8-6-4-5-7-8;1-3-2;/h2*6-7H,4H2,1-3H3;3H,1-2H3;. The van der Waals surface area contributed by atoms with Crippen LogP contribution in [-0.2, 0) is 20.6 Å². The predicted molar refractivity (Wildman–Crippen MR) is 107 cm³/mol. The molecule has 0 fully saturated rings. The fourth-order valence-corrected chi connectivity index (χ4v) is 33.9. The Morgan fingerprint density at radius 2 is 1.14 bits per heavy atom. The first-order valence-electron chi connectivity index (χ1n) is 8.70. The van der Waals surface area contributed by atoms with Gasteiger partial charge in [0.15, 0.2) is 0 Å². The second-order valence-corrected chi connectivity index (χ2v) is 46.4. The Morgan fingerprint density at radius 1 is 0.773 bits per heavy atom. The van der Waals surface area contributed by atoms with Crippen LogP contribution in [0.15, 0.2) is 41.4 Å². The van der Waals surface area contributed by atoms with Crippen LogP contribution < -0.4 is 0 Å². The predicted octanol–water partition coefficient (Wildman–Crippen LogP) is 5.77. The van der Waals surface area contributed by atoms with Crippen LogP contribution in [0, 0.1) is 0 Å². The van der Waals surface area contributed by atoms with Crippen molar-refractivity contribution in [2.75, 3.05) is 0 Å². The van der Waals surface area contributed by atoms with Gasteiger partial charge in [-0.1, -0.05) is 0 Å². The number of hydrogen-bond donors (Lipinski definition) is 0. The van der Waals surface area contributed by atoms with E-state index in [9.17, 15) is 0 Å². The van der Waals surface area contributed by atoms with E-state index in [0.29, 0.717) is 0 Å². The third-order valence-corrected chi connectivity index (χ3v) is 36.1. The summed E-state index contributed by atoms with van der Waals surface area (Å²) >= 11 is -1.69. The molecule has 0 saturated carbocycles.